The highest BCUT2D eigenvalue weighted by atomic mass is 79.9. The van der Waals surface area contributed by atoms with Crippen molar-refractivity contribution < 1.29 is 19.8 Å². The summed E-state index contributed by atoms with van der Waals surface area (Å²) >= 11 is 3.31. The third-order valence-corrected chi connectivity index (χ3v) is 2.88. The number of carboxylic acids is 1. The van der Waals surface area contributed by atoms with E-state index in [1.165, 1.54) is 0 Å². The molecule has 1 unspecified atom stereocenters. The molecule has 2 amide bonds. The molecule has 0 saturated carbocycles. The van der Waals surface area contributed by atoms with E-state index in [0.717, 1.165) is 10.0 Å². The highest BCUT2D eigenvalue weighted by molar-refractivity contribution is 9.10. The summed E-state index contributed by atoms with van der Waals surface area (Å²) in [4.78, 5) is 21.7. The number of carboxylic acid groups (broad SMARTS) is 1. The molecule has 1 atom stereocenters. The predicted molar refractivity (Wildman–Crippen MR) is 72.6 cm³/mol. The first-order valence-electron chi connectivity index (χ1n) is 5.66. The molecule has 0 radical (unpaired) electrons. The number of urea groups is 1. The molecule has 0 spiro atoms. The Bertz CT molecular complexity index is 436. The van der Waals surface area contributed by atoms with Crippen molar-refractivity contribution in [3.05, 3.63) is 34.3 Å². The van der Waals surface area contributed by atoms with Crippen LogP contribution in [0.2, 0.25) is 0 Å². The predicted octanol–water partition coefficient (Wildman–Crippen LogP) is 1.08. The molecular weight excluding hydrogens is 316 g/mol. The van der Waals surface area contributed by atoms with Crippen molar-refractivity contribution in [3.8, 4) is 0 Å². The van der Waals surface area contributed by atoms with Gasteiger partial charge in [-0.05, 0) is 17.7 Å². The SMILES string of the molecule is O=C(NCCC(O)C(=O)O)NCc1ccc(Br)cc1. The fourth-order valence-corrected chi connectivity index (χ4v) is 1.56. The van der Waals surface area contributed by atoms with E-state index in [1.54, 1.807) is 0 Å². The topological polar surface area (TPSA) is 98.7 Å². The van der Waals surface area contributed by atoms with Gasteiger partial charge in [-0.2, -0.15) is 0 Å². The third-order valence-electron chi connectivity index (χ3n) is 2.35. The molecule has 0 saturated heterocycles. The van der Waals surface area contributed by atoms with Crippen molar-refractivity contribution in [1.29, 1.82) is 0 Å². The number of aliphatic hydroxyl groups excluding tert-OH is 1. The molecule has 7 heteroatoms. The van der Waals surface area contributed by atoms with Gasteiger partial charge in [0.15, 0.2) is 6.10 Å². The summed E-state index contributed by atoms with van der Waals surface area (Å²) in [5, 5.41) is 22.5. The maximum Gasteiger partial charge on any atom is 0.332 e. The first-order chi connectivity index (χ1) is 8.99. The molecule has 1 rings (SSSR count). The van der Waals surface area contributed by atoms with E-state index < -0.39 is 18.1 Å². The zero-order valence-corrected chi connectivity index (χ0v) is 11.7. The zero-order chi connectivity index (χ0) is 14.3. The van der Waals surface area contributed by atoms with Gasteiger partial charge in [0.05, 0.1) is 0 Å². The number of benzene rings is 1. The van der Waals surface area contributed by atoms with Crippen LogP contribution in [-0.4, -0.2) is 34.9 Å². The molecule has 0 fully saturated rings. The summed E-state index contributed by atoms with van der Waals surface area (Å²) in [6.45, 7) is 0.472. The summed E-state index contributed by atoms with van der Waals surface area (Å²) in [5.41, 5.74) is 0.948. The summed E-state index contributed by atoms with van der Waals surface area (Å²) in [7, 11) is 0. The first-order valence-corrected chi connectivity index (χ1v) is 6.45. The molecule has 6 nitrogen and oxygen atoms in total. The minimum atomic E-state index is -1.45. The second-order valence-electron chi connectivity index (χ2n) is 3.88. The lowest BCUT2D eigenvalue weighted by atomic mass is 10.2. The van der Waals surface area contributed by atoms with Gasteiger partial charge < -0.3 is 20.8 Å². The van der Waals surface area contributed by atoms with E-state index in [1.807, 2.05) is 24.3 Å². The van der Waals surface area contributed by atoms with Crippen LogP contribution in [-0.2, 0) is 11.3 Å². The van der Waals surface area contributed by atoms with Crippen LogP contribution in [0.25, 0.3) is 0 Å². The van der Waals surface area contributed by atoms with Gasteiger partial charge in [-0.25, -0.2) is 9.59 Å². The van der Waals surface area contributed by atoms with E-state index >= 15 is 0 Å². The van der Waals surface area contributed by atoms with Gasteiger partial charge in [0.2, 0.25) is 0 Å². The molecule has 19 heavy (non-hydrogen) atoms. The molecule has 0 aliphatic heterocycles. The molecule has 4 N–H and O–H groups in total. The summed E-state index contributed by atoms with van der Waals surface area (Å²) in [5.74, 6) is -1.29. The number of amides is 2. The standard InChI is InChI=1S/C12H15BrN2O4/c13-9-3-1-8(2-4-9)7-15-12(19)14-6-5-10(16)11(17)18/h1-4,10,16H,5-7H2,(H,17,18)(H2,14,15,19). The number of nitrogens with one attached hydrogen (secondary N) is 2. The highest BCUT2D eigenvalue weighted by Gasteiger charge is 2.12. The molecule has 104 valence electrons. The van der Waals surface area contributed by atoms with Crippen molar-refractivity contribution in [3.63, 3.8) is 0 Å². The number of hydrogen-bond acceptors (Lipinski definition) is 3. The van der Waals surface area contributed by atoms with E-state index in [0.29, 0.717) is 6.54 Å². The van der Waals surface area contributed by atoms with E-state index in [9.17, 15) is 9.59 Å². The molecular formula is C12H15BrN2O4. The smallest absolute Gasteiger partial charge is 0.332 e. The Morgan fingerprint density at radius 2 is 1.84 bits per heavy atom. The Hall–Kier alpha value is -1.60. The lowest BCUT2D eigenvalue weighted by Gasteiger charge is -2.09. The monoisotopic (exact) mass is 330 g/mol. The fraction of sp³-hybridized carbons (Fsp3) is 0.333. The van der Waals surface area contributed by atoms with Gasteiger partial charge in [-0.15, -0.1) is 0 Å². The Morgan fingerprint density at radius 1 is 1.21 bits per heavy atom. The van der Waals surface area contributed by atoms with Crippen LogP contribution in [0.5, 0.6) is 0 Å². The second kappa shape index (κ2) is 7.75. The van der Waals surface area contributed by atoms with Crippen LogP contribution < -0.4 is 10.6 Å². The average molecular weight is 331 g/mol. The van der Waals surface area contributed by atoms with Crippen LogP contribution in [0.15, 0.2) is 28.7 Å². The average Bonchev–Trinajstić information content (AvgIpc) is 2.37. The third kappa shape index (κ3) is 6.21. The van der Waals surface area contributed by atoms with E-state index in [4.69, 9.17) is 10.2 Å². The van der Waals surface area contributed by atoms with E-state index in [2.05, 4.69) is 26.6 Å². The Kier molecular flexibility index (Phi) is 6.31. The number of aliphatic hydroxyl groups is 1. The molecule has 0 aliphatic rings. The number of rotatable bonds is 6. The van der Waals surface area contributed by atoms with Gasteiger partial charge in [-0.1, -0.05) is 28.1 Å². The largest absolute Gasteiger partial charge is 0.479 e. The Balaban J connectivity index is 2.21. The maximum atomic E-state index is 11.4. The Morgan fingerprint density at radius 3 is 2.42 bits per heavy atom. The van der Waals surface area contributed by atoms with Gasteiger partial charge in [0.25, 0.3) is 0 Å². The fourth-order valence-electron chi connectivity index (χ4n) is 1.29. The Labute approximate surface area is 118 Å². The first kappa shape index (κ1) is 15.5. The number of carbonyl (C=O) groups is 2. The van der Waals surface area contributed by atoms with Crippen molar-refractivity contribution in [2.45, 2.75) is 19.1 Å². The van der Waals surface area contributed by atoms with Gasteiger partial charge in [0, 0.05) is 24.0 Å². The number of carbonyl (C=O) groups excluding carboxylic acids is 1. The molecule has 0 aliphatic carbocycles. The van der Waals surface area contributed by atoms with Crippen LogP contribution >= 0.6 is 15.9 Å². The summed E-state index contributed by atoms with van der Waals surface area (Å²) in [6, 6.07) is 7.09. The van der Waals surface area contributed by atoms with Gasteiger partial charge >= 0.3 is 12.0 Å². The number of aliphatic carboxylic acids is 1. The number of hydrogen-bond donors (Lipinski definition) is 4. The van der Waals surface area contributed by atoms with E-state index in [-0.39, 0.29) is 13.0 Å². The highest BCUT2D eigenvalue weighted by Crippen LogP contribution is 2.10. The quantitative estimate of drug-likeness (QED) is 0.627. The minimum Gasteiger partial charge on any atom is -0.479 e. The zero-order valence-electron chi connectivity index (χ0n) is 10.1. The van der Waals surface area contributed by atoms with Crippen LogP contribution in [0, 0.1) is 0 Å². The lowest BCUT2D eigenvalue weighted by molar-refractivity contribution is -0.146. The maximum absolute atomic E-state index is 11.4. The normalized spacial score (nSPS) is 11.7. The van der Waals surface area contributed by atoms with Crippen LogP contribution in [0.4, 0.5) is 4.79 Å². The number of halogens is 1. The summed E-state index contributed by atoms with van der Waals surface area (Å²) in [6.07, 6.45) is -1.48. The van der Waals surface area contributed by atoms with Crippen molar-refractivity contribution in [2.24, 2.45) is 0 Å². The summed E-state index contributed by atoms with van der Waals surface area (Å²) < 4.78 is 0.961. The lowest BCUT2D eigenvalue weighted by Crippen LogP contribution is -2.37. The minimum absolute atomic E-state index is 0.0267. The van der Waals surface area contributed by atoms with Gasteiger partial charge in [-0.3, -0.25) is 0 Å². The molecule has 0 bridgehead atoms. The second-order valence-corrected chi connectivity index (χ2v) is 4.79. The van der Waals surface area contributed by atoms with Crippen molar-refractivity contribution in [2.75, 3.05) is 6.54 Å². The molecule has 1 aromatic rings. The molecule has 0 heterocycles. The molecule has 0 aromatic heterocycles. The van der Waals surface area contributed by atoms with Crippen LogP contribution in [0.1, 0.15) is 12.0 Å². The van der Waals surface area contributed by atoms with Crippen molar-refractivity contribution in [1.82, 2.24) is 10.6 Å². The van der Waals surface area contributed by atoms with Crippen LogP contribution in [0.3, 0.4) is 0 Å². The van der Waals surface area contributed by atoms with Crippen molar-refractivity contribution >= 4 is 27.9 Å². The molecule has 1 aromatic carbocycles. The van der Waals surface area contributed by atoms with Gasteiger partial charge in [0.1, 0.15) is 0 Å².